The first kappa shape index (κ1) is 12.3. The lowest BCUT2D eigenvalue weighted by Crippen LogP contribution is -2.43. The Bertz CT molecular complexity index is 271. The molecule has 84 valence electrons. The molecule has 0 spiro atoms. The van der Waals surface area contributed by atoms with Gasteiger partial charge in [0.25, 0.3) is 0 Å². The summed E-state index contributed by atoms with van der Waals surface area (Å²) < 4.78 is 4.36. The fraction of sp³-hybridized carbons (Fsp3) is 0.750. The largest absolute Gasteiger partial charge is 0.394 e. The highest BCUT2D eigenvalue weighted by Crippen LogP contribution is 2.18. The third-order valence-electron chi connectivity index (χ3n) is 2.29. The van der Waals surface area contributed by atoms with Crippen LogP contribution in [-0.2, 0) is 12.7 Å². The van der Waals surface area contributed by atoms with Gasteiger partial charge in [-0.3, -0.25) is 9.59 Å². The summed E-state index contributed by atoms with van der Waals surface area (Å²) in [5.74, 6) is -0.989. The van der Waals surface area contributed by atoms with Crippen LogP contribution in [-0.4, -0.2) is 29.5 Å². The van der Waals surface area contributed by atoms with Gasteiger partial charge >= 0.3 is 5.97 Å². The summed E-state index contributed by atoms with van der Waals surface area (Å²) in [5, 5.41) is 2.88. The minimum absolute atomic E-state index is 0.324. The number of amides is 1. The van der Waals surface area contributed by atoms with Crippen molar-refractivity contribution in [1.82, 2.24) is 4.90 Å². The number of carbonyl (C=O) groups is 2. The molecule has 1 amide bonds. The van der Waals surface area contributed by atoms with E-state index in [1.54, 1.807) is 0 Å². The molecule has 15 heavy (non-hydrogen) atoms. The SMILES string of the molecule is O=NC1CCCCN1C(=O)CC(=O)OI. The first-order valence-electron chi connectivity index (χ1n) is 4.62. The number of likely N-dealkylation sites (tertiary alicyclic amines) is 1. The standard InChI is InChI=1S/C8H11IN2O4/c9-15-8(13)5-7(12)11-4-2-1-3-6(11)10-14/h6H,1-5H2. The Balaban J connectivity index is 2.55. The molecule has 0 radical (unpaired) electrons. The van der Waals surface area contributed by atoms with E-state index in [4.69, 9.17) is 0 Å². The van der Waals surface area contributed by atoms with Crippen molar-refractivity contribution < 1.29 is 12.7 Å². The molecule has 1 aliphatic rings. The van der Waals surface area contributed by atoms with Crippen LogP contribution in [0.5, 0.6) is 0 Å². The number of halogens is 1. The average molecular weight is 326 g/mol. The molecule has 1 aliphatic heterocycles. The number of carbonyl (C=O) groups excluding carboxylic acids is 2. The Morgan fingerprint density at radius 1 is 1.47 bits per heavy atom. The molecule has 0 aromatic rings. The topological polar surface area (TPSA) is 76.0 Å². The van der Waals surface area contributed by atoms with E-state index in [0.717, 1.165) is 12.8 Å². The second kappa shape index (κ2) is 5.99. The van der Waals surface area contributed by atoms with Gasteiger partial charge in [-0.15, -0.1) is 4.91 Å². The van der Waals surface area contributed by atoms with Crippen molar-refractivity contribution >= 4 is 34.9 Å². The molecule has 0 saturated carbocycles. The van der Waals surface area contributed by atoms with Gasteiger partial charge in [-0.2, -0.15) is 0 Å². The van der Waals surface area contributed by atoms with Gasteiger partial charge in [0.05, 0.1) is 0 Å². The number of nitroso groups, excluding NO2 is 1. The second-order valence-electron chi connectivity index (χ2n) is 3.29. The molecule has 0 aromatic heterocycles. The number of nitrogens with zero attached hydrogens (tertiary/aromatic N) is 2. The summed E-state index contributed by atoms with van der Waals surface area (Å²) in [6.45, 7) is 0.490. The van der Waals surface area contributed by atoms with E-state index in [0.29, 0.717) is 13.0 Å². The predicted octanol–water partition coefficient (Wildman–Crippen LogP) is 1.37. The van der Waals surface area contributed by atoms with Crippen LogP contribution < -0.4 is 0 Å². The van der Waals surface area contributed by atoms with Gasteiger partial charge in [0.15, 0.2) is 29.2 Å². The summed E-state index contributed by atoms with van der Waals surface area (Å²) in [5.41, 5.74) is 0. The molecule has 1 fully saturated rings. The third kappa shape index (κ3) is 3.40. The van der Waals surface area contributed by atoms with E-state index in [1.165, 1.54) is 27.9 Å². The van der Waals surface area contributed by atoms with Gasteiger partial charge in [0, 0.05) is 6.54 Å². The summed E-state index contributed by atoms with van der Waals surface area (Å²) in [7, 11) is 0. The van der Waals surface area contributed by atoms with E-state index in [1.807, 2.05) is 0 Å². The Morgan fingerprint density at radius 3 is 2.80 bits per heavy atom. The molecule has 0 aliphatic carbocycles. The van der Waals surface area contributed by atoms with Crippen LogP contribution in [0.4, 0.5) is 0 Å². The van der Waals surface area contributed by atoms with Gasteiger partial charge < -0.3 is 7.97 Å². The van der Waals surface area contributed by atoms with Crippen LogP contribution in [0.1, 0.15) is 25.7 Å². The molecular formula is C8H11IN2O4. The summed E-state index contributed by atoms with van der Waals surface area (Å²) in [4.78, 5) is 34.3. The third-order valence-corrected chi connectivity index (χ3v) is 2.79. The maximum Gasteiger partial charge on any atom is 0.324 e. The highest BCUT2D eigenvalue weighted by molar-refractivity contribution is 14.1. The van der Waals surface area contributed by atoms with Crippen molar-refractivity contribution in [1.29, 1.82) is 0 Å². The first-order chi connectivity index (χ1) is 7.19. The molecule has 1 saturated heterocycles. The molecule has 1 heterocycles. The smallest absolute Gasteiger partial charge is 0.324 e. The molecule has 6 nitrogen and oxygen atoms in total. The maximum absolute atomic E-state index is 11.6. The molecule has 0 aromatic carbocycles. The molecule has 0 bridgehead atoms. The van der Waals surface area contributed by atoms with Crippen LogP contribution in [0, 0.1) is 4.91 Å². The van der Waals surface area contributed by atoms with E-state index >= 15 is 0 Å². The first-order valence-corrected chi connectivity index (χ1v) is 5.50. The molecule has 7 heteroatoms. The minimum atomic E-state index is -0.617. The Labute approximate surface area is 101 Å². The molecular weight excluding hydrogens is 315 g/mol. The van der Waals surface area contributed by atoms with Crippen LogP contribution >= 0.6 is 23.0 Å². The molecule has 0 N–H and O–H groups in total. The second-order valence-corrected chi connectivity index (χ2v) is 3.74. The fourth-order valence-corrected chi connectivity index (χ4v) is 1.72. The van der Waals surface area contributed by atoms with Gasteiger partial charge in [-0.1, -0.05) is 0 Å². The van der Waals surface area contributed by atoms with Gasteiger partial charge in [0.1, 0.15) is 6.42 Å². The zero-order valence-corrected chi connectivity index (χ0v) is 10.2. The van der Waals surface area contributed by atoms with Crippen molar-refractivity contribution in [3.05, 3.63) is 4.91 Å². The zero-order valence-electron chi connectivity index (χ0n) is 8.02. The lowest BCUT2D eigenvalue weighted by Gasteiger charge is -2.30. The summed E-state index contributed by atoms with van der Waals surface area (Å²) >= 11 is 1.43. The summed E-state index contributed by atoms with van der Waals surface area (Å²) in [6, 6.07) is 0. The Morgan fingerprint density at radius 2 is 2.20 bits per heavy atom. The number of piperidine rings is 1. The lowest BCUT2D eigenvalue weighted by atomic mass is 10.1. The fourth-order valence-electron chi connectivity index (χ4n) is 1.57. The number of rotatable bonds is 3. The van der Waals surface area contributed by atoms with E-state index in [-0.39, 0.29) is 12.3 Å². The van der Waals surface area contributed by atoms with Crippen LogP contribution in [0.3, 0.4) is 0 Å². The van der Waals surface area contributed by atoms with E-state index in [9.17, 15) is 14.5 Å². The van der Waals surface area contributed by atoms with Crippen LogP contribution in [0.25, 0.3) is 0 Å². The highest BCUT2D eigenvalue weighted by Gasteiger charge is 2.28. The highest BCUT2D eigenvalue weighted by atomic mass is 127. The van der Waals surface area contributed by atoms with Gasteiger partial charge in [-0.05, 0) is 24.4 Å². The maximum atomic E-state index is 11.6. The van der Waals surface area contributed by atoms with Crippen molar-refractivity contribution in [3.63, 3.8) is 0 Å². The zero-order chi connectivity index (χ0) is 11.3. The molecule has 1 unspecified atom stereocenters. The van der Waals surface area contributed by atoms with Crippen molar-refractivity contribution in [3.8, 4) is 0 Å². The van der Waals surface area contributed by atoms with Crippen molar-refractivity contribution in [2.24, 2.45) is 5.18 Å². The molecule has 1 rings (SSSR count). The van der Waals surface area contributed by atoms with Crippen molar-refractivity contribution in [2.45, 2.75) is 31.8 Å². The van der Waals surface area contributed by atoms with Crippen LogP contribution in [0.15, 0.2) is 5.18 Å². The van der Waals surface area contributed by atoms with Crippen LogP contribution in [0.2, 0.25) is 0 Å². The molecule has 1 atom stereocenters. The van der Waals surface area contributed by atoms with Crippen molar-refractivity contribution in [2.75, 3.05) is 6.54 Å². The number of hydrogen-bond donors (Lipinski definition) is 0. The summed E-state index contributed by atoms with van der Waals surface area (Å²) in [6.07, 6.45) is 1.37. The monoisotopic (exact) mass is 326 g/mol. The van der Waals surface area contributed by atoms with E-state index in [2.05, 4.69) is 8.24 Å². The Hall–Kier alpha value is -0.730. The quantitative estimate of drug-likeness (QED) is 0.446. The van der Waals surface area contributed by atoms with Gasteiger partial charge in [-0.25, -0.2) is 0 Å². The predicted molar refractivity (Wildman–Crippen MR) is 59.9 cm³/mol. The minimum Gasteiger partial charge on any atom is -0.394 e. The number of hydrogen-bond acceptors (Lipinski definition) is 5. The average Bonchev–Trinajstić information content (AvgIpc) is 2.28. The lowest BCUT2D eigenvalue weighted by molar-refractivity contribution is -0.142. The van der Waals surface area contributed by atoms with Gasteiger partial charge in [0.2, 0.25) is 5.91 Å². The van der Waals surface area contributed by atoms with E-state index < -0.39 is 12.1 Å². The Kier molecular flexibility index (Phi) is 4.92. The normalized spacial score (nSPS) is 20.9.